The Morgan fingerprint density at radius 3 is 0.804 bits per heavy atom. The van der Waals surface area contributed by atoms with Crippen LogP contribution >= 0.6 is 0 Å². The molecule has 0 aromatic rings. The Hall–Kier alpha value is -0.810. The molecule has 0 aliphatic carbocycles. The standard InChI is InChI=1S/C40H80NO4.ClH/c1-6-8-10-12-14-16-18-20-22-24-26-28-30-32-34-36-39(42)44-41(5,38(3)4)45-40(43)37-35-33-31-29-27-25-23-21-19-17-15-13-11-9-7-2;/h38H,6-37H2,1-5H3;1H/q+1;/p-1. The summed E-state index contributed by atoms with van der Waals surface area (Å²) < 4.78 is 0. The third kappa shape index (κ3) is 31.8. The van der Waals surface area contributed by atoms with Gasteiger partial charge < -0.3 is 12.4 Å². The fraction of sp³-hybridized carbons (Fsp3) is 0.950. The van der Waals surface area contributed by atoms with Gasteiger partial charge in [-0.2, -0.15) is 0 Å². The maximum absolute atomic E-state index is 12.6. The van der Waals surface area contributed by atoms with Gasteiger partial charge in [-0.3, -0.25) is 0 Å². The summed E-state index contributed by atoms with van der Waals surface area (Å²) in [6.45, 7) is 8.39. The molecular formula is C40H80ClNO4. The van der Waals surface area contributed by atoms with Crippen LogP contribution in [-0.2, 0) is 19.3 Å². The topological polar surface area (TPSA) is 52.6 Å². The van der Waals surface area contributed by atoms with Crippen molar-refractivity contribution in [1.29, 1.82) is 0 Å². The number of quaternary nitrogens is 1. The largest absolute Gasteiger partial charge is 1.00 e. The maximum Gasteiger partial charge on any atom is 0.372 e. The highest BCUT2D eigenvalue weighted by molar-refractivity contribution is 5.69. The van der Waals surface area contributed by atoms with Crippen LogP contribution in [0.25, 0.3) is 0 Å². The third-order valence-corrected chi connectivity index (χ3v) is 9.47. The number of rotatable bonds is 35. The van der Waals surface area contributed by atoms with Crippen LogP contribution in [0.5, 0.6) is 0 Å². The van der Waals surface area contributed by atoms with Crippen LogP contribution in [0.2, 0.25) is 0 Å². The summed E-state index contributed by atoms with van der Waals surface area (Å²) in [5.41, 5.74) is 0. The highest BCUT2D eigenvalue weighted by atomic mass is 35.5. The Labute approximate surface area is 294 Å². The molecule has 276 valence electrons. The zero-order valence-corrected chi connectivity index (χ0v) is 32.4. The molecule has 46 heavy (non-hydrogen) atoms. The van der Waals surface area contributed by atoms with E-state index in [9.17, 15) is 9.59 Å². The van der Waals surface area contributed by atoms with Crippen LogP contribution < -0.4 is 12.4 Å². The first-order valence-electron chi connectivity index (χ1n) is 20.2. The van der Waals surface area contributed by atoms with Crippen LogP contribution in [0.15, 0.2) is 0 Å². The summed E-state index contributed by atoms with van der Waals surface area (Å²) in [6.07, 6.45) is 39.8. The van der Waals surface area contributed by atoms with Crippen LogP contribution in [-0.4, -0.2) is 29.8 Å². The van der Waals surface area contributed by atoms with E-state index in [1.54, 1.807) is 7.05 Å². The molecule has 0 aromatic carbocycles. The summed E-state index contributed by atoms with van der Waals surface area (Å²) in [7, 11) is 1.68. The smallest absolute Gasteiger partial charge is 0.372 e. The second-order valence-corrected chi connectivity index (χ2v) is 14.3. The van der Waals surface area contributed by atoms with E-state index in [4.69, 9.17) is 9.68 Å². The number of carbonyl (C=O) groups is 2. The predicted octanol–water partition coefficient (Wildman–Crippen LogP) is 10.3. The van der Waals surface area contributed by atoms with E-state index in [-0.39, 0.29) is 30.4 Å². The number of carbonyl (C=O) groups excluding carboxylic acids is 2. The number of hydrogen-bond acceptors (Lipinski definition) is 4. The molecule has 0 aliphatic rings. The molecule has 5 nitrogen and oxygen atoms in total. The van der Waals surface area contributed by atoms with Gasteiger partial charge in [0.05, 0.1) is 12.8 Å². The van der Waals surface area contributed by atoms with Crippen molar-refractivity contribution in [3.63, 3.8) is 0 Å². The normalized spacial score (nSPS) is 11.5. The Morgan fingerprint density at radius 2 is 0.609 bits per heavy atom. The second kappa shape index (κ2) is 35.5. The van der Waals surface area contributed by atoms with Crippen molar-refractivity contribution < 1.29 is 36.5 Å². The van der Waals surface area contributed by atoms with Gasteiger partial charge in [-0.15, -0.1) is 0 Å². The molecule has 0 atom stereocenters. The van der Waals surface area contributed by atoms with Gasteiger partial charge in [-0.25, -0.2) is 19.3 Å². The first-order chi connectivity index (χ1) is 21.9. The number of hydroxylamine groups is 4. The molecule has 0 unspecified atom stereocenters. The molecule has 0 bridgehead atoms. The van der Waals surface area contributed by atoms with E-state index in [2.05, 4.69) is 13.8 Å². The lowest BCUT2D eigenvalue weighted by Gasteiger charge is -2.30. The van der Waals surface area contributed by atoms with Crippen molar-refractivity contribution in [3.8, 4) is 0 Å². The lowest BCUT2D eigenvalue weighted by Crippen LogP contribution is -3.00. The fourth-order valence-corrected chi connectivity index (χ4v) is 6.01. The van der Waals surface area contributed by atoms with Crippen LogP contribution in [0, 0.1) is 0 Å². The maximum atomic E-state index is 12.6. The van der Waals surface area contributed by atoms with Gasteiger partial charge in [0, 0.05) is 4.81 Å². The number of nitrogens with zero attached hydrogens (tertiary/aromatic N) is 1. The molecule has 0 saturated carbocycles. The third-order valence-electron chi connectivity index (χ3n) is 9.47. The molecule has 6 heteroatoms. The van der Waals surface area contributed by atoms with Crippen LogP contribution in [0.3, 0.4) is 0 Å². The molecule has 0 aliphatic heterocycles. The van der Waals surface area contributed by atoms with Gasteiger partial charge >= 0.3 is 11.9 Å². The average Bonchev–Trinajstić information content (AvgIpc) is 3.00. The van der Waals surface area contributed by atoms with Gasteiger partial charge in [0.2, 0.25) is 0 Å². The minimum Gasteiger partial charge on any atom is -1.00 e. The lowest BCUT2D eigenvalue weighted by atomic mass is 10.0. The quantitative estimate of drug-likeness (QED) is 0.0382. The summed E-state index contributed by atoms with van der Waals surface area (Å²) in [5.74, 6) is -0.554. The van der Waals surface area contributed by atoms with Gasteiger partial charge in [-0.1, -0.05) is 194 Å². The van der Waals surface area contributed by atoms with E-state index in [0.29, 0.717) is 12.8 Å². The summed E-state index contributed by atoms with van der Waals surface area (Å²) in [4.78, 5) is 36.0. The molecule has 0 N–H and O–H groups in total. The number of hydrogen-bond donors (Lipinski definition) is 0. The van der Waals surface area contributed by atoms with Gasteiger partial charge in [0.25, 0.3) is 0 Å². The molecule has 0 spiro atoms. The Kier molecular flexibility index (Phi) is 36.5. The summed E-state index contributed by atoms with van der Waals surface area (Å²) in [6, 6.07) is -0.153. The Morgan fingerprint density at radius 1 is 0.413 bits per heavy atom. The molecule has 0 heterocycles. The predicted molar refractivity (Wildman–Crippen MR) is 193 cm³/mol. The molecular weight excluding hydrogens is 594 g/mol. The van der Waals surface area contributed by atoms with Crippen LogP contribution in [0.1, 0.15) is 233 Å². The van der Waals surface area contributed by atoms with E-state index < -0.39 is 4.81 Å². The Bertz CT molecular complexity index is 609. The van der Waals surface area contributed by atoms with Crippen molar-refractivity contribution in [2.45, 2.75) is 239 Å². The molecule has 0 rings (SSSR count). The van der Waals surface area contributed by atoms with E-state index >= 15 is 0 Å². The number of unbranched alkanes of at least 4 members (excludes halogenated alkanes) is 28. The fourth-order valence-electron chi connectivity index (χ4n) is 6.01. The molecule has 0 radical (unpaired) electrons. The first kappa shape index (κ1) is 47.3. The second-order valence-electron chi connectivity index (χ2n) is 14.3. The highest BCUT2D eigenvalue weighted by Crippen LogP contribution is 2.19. The van der Waals surface area contributed by atoms with Crippen molar-refractivity contribution >= 4 is 11.9 Å². The molecule has 0 saturated heterocycles. The van der Waals surface area contributed by atoms with Gasteiger partial charge in [0.1, 0.15) is 0 Å². The zero-order chi connectivity index (χ0) is 33.3. The van der Waals surface area contributed by atoms with E-state index in [0.717, 1.165) is 25.7 Å². The number of halogens is 1. The monoisotopic (exact) mass is 674 g/mol. The van der Waals surface area contributed by atoms with Crippen molar-refractivity contribution in [2.24, 2.45) is 0 Å². The molecule has 0 fully saturated rings. The SMILES string of the molecule is CCCCCCCCCCCCCCCCCC(=O)O[N+](C)(OC(=O)CCCCCCCCCCCCCCCCC)C(C)C.[Cl-]. The summed E-state index contributed by atoms with van der Waals surface area (Å²) in [5, 5.41) is 0. The van der Waals surface area contributed by atoms with Crippen molar-refractivity contribution in [2.75, 3.05) is 7.05 Å². The zero-order valence-electron chi connectivity index (χ0n) is 31.7. The lowest BCUT2D eigenvalue weighted by molar-refractivity contribution is -1.22. The van der Waals surface area contributed by atoms with Gasteiger partial charge in [0.15, 0.2) is 13.1 Å². The van der Waals surface area contributed by atoms with E-state index in [1.807, 2.05) is 13.8 Å². The molecule has 0 aromatic heterocycles. The minimum atomic E-state index is -0.421. The first-order valence-corrected chi connectivity index (χ1v) is 20.2. The summed E-state index contributed by atoms with van der Waals surface area (Å²) >= 11 is 0. The van der Waals surface area contributed by atoms with Crippen molar-refractivity contribution in [1.82, 2.24) is 0 Å². The van der Waals surface area contributed by atoms with Gasteiger partial charge in [-0.05, 0) is 26.7 Å². The minimum absolute atomic E-state index is 0. The highest BCUT2D eigenvalue weighted by Gasteiger charge is 2.37. The van der Waals surface area contributed by atoms with Crippen LogP contribution in [0.4, 0.5) is 0 Å². The van der Waals surface area contributed by atoms with Crippen molar-refractivity contribution in [3.05, 3.63) is 0 Å². The van der Waals surface area contributed by atoms with E-state index in [1.165, 1.54) is 167 Å². The average molecular weight is 675 g/mol. The molecule has 0 amide bonds. The Balaban J connectivity index is 0.